The first-order chi connectivity index (χ1) is 16.0. The van der Waals surface area contributed by atoms with Crippen molar-refractivity contribution in [2.75, 3.05) is 18.4 Å². The van der Waals surface area contributed by atoms with Crippen LogP contribution < -0.4 is 10.0 Å². The molecule has 1 fully saturated rings. The van der Waals surface area contributed by atoms with E-state index >= 15 is 0 Å². The van der Waals surface area contributed by atoms with Crippen LogP contribution in [0.4, 0.5) is 5.69 Å². The molecule has 1 aromatic heterocycles. The van der Waals surface area contributed by atoms with Crippen LogP contribution in [0.3, 0.4) is 0 Å². The van der Waals surface area contributed by atoms with E-state index in [2.05, 4.69) is 19.9 Å². The smallest absolute Gasteiger partial charge is 0.255 e. The van der Waals surface area contributed by atoms with Crippen LogP contribution >= 0.6 is 0 Å². The molecule has 4 rings (SSSR count). The highest BCUT2D eigenvalue weighted by Crippen LogP contribution is 2.16. The van der Waals surface area contributed by atoms with E-state index in [1.54, 1.807) is 60.9 Å². The Kier molecular flexibility index (Phi) is 7.49. The molecule has 0 saturated carbocycles. The third-order valence-electron chi connectivity index (χ3n) is 5.69. The molecule has 0 aliphatic carbocycles. The van der Waals surface area contributed by atoms with Crippen LogP contribution in [0.5, 0.6) is 0 Å². The van der Waals surface area contributed by atoms with Crippen LogP contribution in [0.15, 0.2) is 78.0 Å². The number of nitrogens with zero attached hydrogens (tertiary/aromatic N) is 2. The first-order valence-electron chi connectivity index (χ1n) is 11.1. The van der Waals surface area contributed by atoms with Crippen molar-refractivity contribution in [3.05, 3.63) is 89.7 Å². The molecule has 1 aliphatic rings. The molecule has 8 heteroatoms. The Bertz CT molecular complexity index is 1160. The number of sulfonamides is 1. The fourth-order valence-corrected chi connectivity index (χ4v) is 4.84. The molecule has 1 amide bonds. The maximum atomic E-state index is 12.7. The van der Waals surface area contributed by atoms with Gasteiger partial charge < -0.3 is 5.32 Å². The number of amides is 1. The largest absolute Gasteiger partial charge is 0.321 e. The van der Waals surface area contributed by atoms with Crippen LogP contribution in [-0.4, -0.2) is 37.3 Å². The Labute approximate surface area is 194 Å². The van der Waals surface area contributed by atoms with Gasteiger partial charge in [-0.15, -0.1) is 0 Å². The first kappa shape index (κ1) is 23.1. The number of piperidine rings is 1. The molecular formula is C25H28N4O3S. The normalized spacial score (nSPS) is 14.7. The van der Waals surface area contributed by atoms with Gasteiger partial charge in [0, 0.05) is 24.8 Å². The van der Waals surface area contributed by atoms with Gasteiger partial charge >= 0.3 is 0 Å². The second kappa shape index (κ2) is 10.7. The van der Waals surface area contributed by atoms with Crippen LogP contribution in [0.1, 0.15) is 40.7 Å². The van der Waals surface area contributed by atoms with Gasteiger partial charge in [-0.2, -0.15) is 0 Å². The summed E-state index contributed by atoms with van der Waals surface area (Å²) in [5.74, 6) is -0.250. The summed E-state index contributed by atoms with van der Waals surface area (Å²) in [6.45, 7) is 3.20. The van der Waals surface area contributed by atoms with Crippen molar-refractivity contribution in [3.8, 4) is 0 Å². The summed E-state index contributed by atoms with van der Waals surface area (Å²) in [5.41, 5.74) is 2.98. The van der Waals surface area contributed by atoms with Crippen molar-refractivity contribution < 1.29 is 13.2 Å². The minimum atomic E-state index is -3.63. The van der Waals surface area contributed by atoms with Crippen molar-refractivity contribution >= 4 is 21.6 Å². The average molecular weight is 465 g/mol. The number of benzene rings is 2. The lowest BCUT2D eigenvalue weighted by Gasteiger charge is -2.26. The molecule has 2 heterocycles. The Balaban J connectivity index is 1.31. The Morgan fingerprint density at radius 2 is 1.61 bits per heavy atom. The summed E-state index contributed by atoms with van der Waals surface area (Å²) in [4.78, 5) is 19.0. The molecule has 1 saturated heterocycles. The second-order valence-electron chi connectivity index (χ2n) is 8.20. The number of anilines is 1. The zero-order chi connectivity index (χ0) is 23.1. The first-order valence-corrected chi connectivity index (χ1v) is 12.6. The number of nitrogens with one attached hydrogen (secondary N) is 2. The number of pyridine rings is 1. The number of hydrogen-bond acceptors (Lipinski definition) is 5. The van der Waals surface area contributed by atoms with Gasteiger partial charge in [0.1, 0.15) is 0 Å². The van der Waals surface area contributed by atoms with Crippen molar-refractivity contribution in [3.63, 3.8) is 0 Å². The van der Waals surface area contributed by atoms with E-state index in [-0.39, 0.29) is 17.3 Å². The quantitative estimate of drug-likeness (QED) is 0.529. The molecule has 2 N–H and O–H groups in total. The minimum Gasteiger partial charge on any atom is -0.321 e. The van der Waals surface area contributed by atoms with Crippen molar-refractivity contribution in [2.24, 2.45) is 0 Å². The molecular weight excluding hydrogens is 436 g/mol. The Hall–Kier alpha value is -3.07. The molecule has 172 valence electrons. The topological polar surface area (TPSA) is 91.4 Å². The van der Waals surface area contributed by atoms with E-state index in [0.717, 1.165) is 30.8 Å². The molecule has 3 aromatic rings. The number of aromatic nitrogens is 1. The molecule has 0 unspecified atom stereocenters. The van der Waals surface area contributed by atoms with Gasteiger partial charge in [0.05, 0.1) is 16.8 Å². The van der Waals surface area contributed by atoms with Gasteiger partial charge in [-0.1, -0.05) is 30.7 Å². The predicted molar refractivity (Wildman–Crippen MR) is 128 cm³/mol. The van der Waals surface area contributed by atoms with E-state index in [4.69, 9.17) is 0 Å². The highest BCUT2D eigenvalue weighted by atomic mass is 32.2. The van der Waals surface area contributed by atoms with Crippen LogP contribution in [0.2, 0.25) is 0 Å². The molecule has 0 bridgehead atoms. The summed E-state index contributed by atoms with van der Waals surface area (Å²) in [7, 11) is -3.63. The third kappa shape index (κ3) is 6.47. The van der Waals surface area contributed by atoms with Gasteiger partial charge in [0.25, 0.3) is 5.91 Å². The van der Waals surface area contributed by atoms with Gasteiger partial charge in [0.15, 0.2) is 0 Å². The number of rotatable bonds is 8. The number of hydrogen-bond donors (Lipinski definition) is 2. The molecule has 7 nitrogen and oxygen atoms in total. The standard InChI is InChI=1S/C25H28N4O3S/c30-25(28-23-5-4-14-26-18-23)22-10-6-20(7-11-22)17-27-33(31,32)24-12-8-21(9-13-24)19-29-15-2-1-3-16-29/h4-14,18,27H,1-3,15-17,19H2,(H,28,30). The maximum absolute atomic E-state index is 12.7. The fourth-order valence-electron chi connectivity index (χ4n) is 3.83. The summed E-state index contributed by atoms with van der Waals surface area (Å²) in [5, 5.41) is 2.77. The summed E-state index contributed by atoms with van der Waals surface area (Å²) in [6.07, 6.45) is 6.95. The second-order valence-corrected chi connectivity index (χ2v) is 9.97. The zero-order valence-electron chi connectivity index (χ0n) is 18.4. The Morgan fingerprint density at radius 3 is 2.27 bits per heavy atom. The SMILES string of the molecule is O=C(Nc1cccnc1)c1ccc(CNS(=O)(=O)c2ccc(CN3CCCCC3)cc2)cc1. The van der Waals surface area contributed by atoms with Crippen molar-refractivity contribution in [2.45, 2.75) is 37.2 Å². The molecule has 33 heavy (non-hydrogen) atoms. The lowest BCUT2D eigenvalue weighted by atomic mass is 10.1. The highest BCUT2D eigenvalue weighted by molar-refractivity contribution is 7.89. The molecule has 0 spiro atoms. The number of carbonyl (C=O) groups excluding carboxylic acids is 1. The highest BCUT2D eigenvalue weighted by Gasteiger charge is 2.15. The maximum Gasteiger partial charge on any atom is 0.255 e. The van der Waals surface area contributed by atoms with Crippen LogP contribution in [-0.2, 0) is 23.1 Å². The monoisotopic (exact) mass is 464 g/mol. The number of carbonyl (C=O) groups is 1. The van der Waals surface area contributed by atoms with Gasteiger partial charge in [-0.3, -0.25) is 14.7 Å². The van der Waals surface area contributed by atoms with Crippen LogP contribution in [0.25, 0.3) is 0 Å². The van der Waals surface area contributed by atoms with E-state index < -0.39 is 10.0 Å². The van der Waals surface area contributed by atoms with Gasteiger partial charge in [-0.05, 0) is 73.5 Å². The molecule has 0 atom stereocenters. The summed E-state index contributed by atoms with van der Waals surface area (Å²) >= 11 is 0. The van der Waals surface area contributed by atoms with E-state index in [9.17, 15) is 13.2 Å². The molecule has 2 aromatic carbocycles. The number of likely N-dealkylation sites (tertiary alicyclic amines) is 1. The van der Waals surface area contributed by atoms with E-state index in [0.29, 0.717) is 11.3 Å². The predicted octanol–water partition coefficient (Wildman–Crippen LogP) is 3.80. The fraction of sp³-hybridized carbons (Fsp3) is 0.280. The van der Waals surface area contributed by atoms with Gasteiger partial charge in [-0.25, -0.2) is 13.1 Å². The van der Waals surface area contributed by atoms with Crippen molar-refractivity contribution in [1.82, 2.24) is 14.6 Å². The van der Waals surface area contributed by atoms with E-state index in [1.165, 1.54) is 19.3 Å². The summed E-state index contributed by atoms with van der Waals surface area (Å²) < 4.78 is 28.0. The minimum absolute atomic E-state index is 0.141. The Morgan fingerprint density at radius 1 is 0.909 bits per heavy atom. The van der Waals surface area contributed by atoms with Gasteiger partial charge in [0.2, 0.25) is 10.0 Å². The zero-order valence-corrected chi connectivity index (χ0v) is 19.2. The lowest BCUT2D eigenvalue weighted by Crippen LogP contribution is -2.29. The summed E-state index contributed by atoms with van der Waals surface area (Å²) in [6, 6.07) is 17.4. The molecule has 0 radical (unpaired) electrons. The lowest BCUT2D eigenvalue weighted by molar-refractivity contribution is 0.102. The van der Waals surface area contributed by atoms with E-state index in [1.807, 2.05) is 12.1 Å². The van der Waals surface area contributed by atoms with Crippen LogP contribution in [0, 0.1) is 0 Å². The third-order valence-corrected chi connectivity index (χ3v) is 7.11. The van der Waals surface area contributed by atoms with Crippen molar-refractivity contribution in [1.29, 1.82) is 0 Å². The molecule has 1 aliphatic heterocycles. The average Bonchev–Trinajstić information content (AvgIpc) is 2.85.